The fraction of sp³-hybridized carbons (Fsp3) is 0.353. The molecule has 1 N–H and O–H groups in total. The Morgan fingerprint density at radius 1 is 1.25 bits per heavy atom. The summed E-state index contributed by atoms with van der Waals surface area (Å²) in [4.78, 5) is 29.1. The highest BCUT2D eigenvalue weighted by molar-refractivity contribution is 5.74. The Balaban J connectivity index is 1.63. The molecule has 126 valence electrons. The lowest BCUT2D eigenvalue weighted by Gasteiger charge is -2.22. The van der Waals surface area contributed by atoms with Crippen LogP contribution in [0.2, 0.25) is 0 Å². The number of aromatic nitrogens is 2. The van der Waals surface area contributed by atoms with E-state index in [4.69, 9.17) is 9.57 Å². The van der Waals surface area contributed by atoms with Gasteiger partial charge in [-0.3, -0.25) is 9.59 Å². The molecule has 1 amide bonds. The molecule has 0 radical (unpaired) electrons. The summed E-state index contributed by atoms with van der Waals surface area (Å²) in [6.07, 6.45) is 2.31. The molecule has 1 aliphatic heterocycles. The van der Waals surface area contributed by atoms with Crippen LogP contribution >= 0.6 is 0 Å². The summed E-state index contributed by atoms with van der Waals surface area (Å²) in [5, 5.41) is 4.23. The molecule has 2 aromatic rings. The third kappa shape index (κ3) is 4.27. The molecule has 7 nitrogen and oxygen atoms in total. The van der Waals surface area contributed by atoms with Crippen LogP contribution in [-0.4, -0.2) is 28.6 Å². The van der Waals surface area contributed by atoms with Gasteiger partial charge in [0.1, 0.15) is 6.54 Å². The zero-order valence-electron chi connectivity index (χ0n) is 13.2. The molecule has 1 aliphatic rings. The number of ether oxygens (including phenoxy) is 1. The molecule has 3 rings (SSSR count). The molecule has 0 bridgehead atoms. The Kier molecular flexibility index (Phi) is 5.35. The van der Waals surface area contributed by atoms with Crippen molar-refractivity contribution in [3.05, 3.63) is 52.8 Å². The predicted octanol–water partition coefficient (Wildman–Crippen LogP) is 1.48. The number of hydrogen-bond acceptors (Lipinski definition) is 5. The van der Waals surface area contributed by atoms with E-state index in [2.05, 4.69) is 10.6 Å². The molecular formula is C17H19N3O4. The van der Waals surface area contributed by atoms with Crippen LogP contribution in [0.1, 0.15) is 19.3 Å². The summed E-state index contributed by atoms with van der Waals surface area (Å²) in [5.74, 6) is -0.455. The number of nitrogens with zero attached hydrogens (tertiary/aromatic N) is 2. The number of nitrogens with one attached hydrogen (secondary N) is 1. The van der Waals surface area contributed by atoms with Crippen molar-refractivity contribution < 1.29 is 14.4 Å². The SMILES string of the molecule is O=C(Cn1nc(-c2ccccc2)ccc1=O)NO[C@H]1CCCCO1. The molecule has 24 heavy (non-hydrogen) atoms. The molecule has 1 aromatic heterocycles. The van der Waals surface area contributed by atoms with Gasteiger partial charge in [0.25, 0.3) is 11.5 Å². The average Bonchev–Trinajstić information content (AvgIpc) is 2.63. The maximum Gasteiger partial charge on any atom is 0.267 e. The van der Waals surface area contributed by atoms with Gasteiger partial charge in [0.15, 0.2) is 6.29 Å². The summed E-state index contributed by atoms with van der Waals surface area (Å²) in [7, 11) is 0. The van der Waals surface area contributed by atoms with Crippen molar-refractivity contribution in [2.24, 2.45) is 0 Å². The largest absolute Gasteiger partial charge is 0.350 e. The van der Waals surface area contributed by atoms with Gasteiger partial charge in [0.05, 0.1) is 5.69 Å². The van der Waals surface area contributed by atoms with Crippen LogP contribution in [0, 0.1) is 0 Å². The van der Waals surface area contributed by atoms with E-state index in [-0.39, 0.29) is 12.1 Å². The van der Waals surface area contributed by atoms with Gasteiger partial charge in [0.2, 0.25) is 0 Å². The molecule has 0 saturated carbocycles. The fourth-order valence-electron chi connectivity index (χ4n) is 2.43. The maximum atomic E-state index is 12.0. The number of benzene rings is 1. The van der Waals surface area contributed by atoms with Gasteiger partial charge in [-0.2, -0.15) is 5.10 Å². The Morgan fingerprint density at radius 2 is 2.08 bits per heavy atom. The second kappa shape index (κ2) is 7.85. The van der Waals surface area contributed by atoms with E-state index in [0.29, 0.717) is 12.3 Å². The van der Waals surface area contributed by atoms with E-state index >= 15 is 0 Å². The van der Waals surface area contributed by atoms with Crippen LogP contribution in [0.4, 0.5) is 0 Å². The number of rotatable bonds is 5. The first-order valence-electron chi connectivity index (χ1n) is 7.92. The van der Waals surface area contributed by atoms with Gasteiger partial charge in [-0.05, 0) is 18.9 Å². The second-order valence-corrected chi connectivity index (χ2v) is 5.52. The number of carbonyl (C=O) groups is 1. The average molecular weight is 329 g/mol. The summed E-state index contributed by atoms with van der Waals surface area (Å²) in [5.41, 5.74) is 3.47. The van der Waals surface area contributed by atoms with Gasteiger partial charge in [-0.1, -0.05) is 30.3 Å². The van der Waals surface area contributed by atoms with Crippen molar-refractivity contribution in [3.63, 3.8) is 0 Å². The van der Waals surface area contributed by atoms with Crippen molar-refractivity contribution in [2.75, 3.05) is 6.61 Å². The van der Waals surface area contributed by atoms with Crippen LogP contribution in [-0.2, 0) is 20.9 Å². The number of hydroxylamine groups is 1. The van der Waals surface area contributed by atoms with Crippen molar-refractivity contribution in [1.29, 1.82) is 0 Å². The molecule has 1 atom stereocenters. The van der Waals surface area contributed by atoms with E-state index in [1.54, 1.807) is 6.07 Å². The predicted molar refractivity (Wildman–Crippen MR) is 86.8 cm³/mol. The molecule has 0 spiro atoms. The van der Waals surface area contributed by atoms with Crippen LogP contribution in [0.3, 0.4) is 0 Å². The lowest BCUT2D eigenvalue weighted by molar-refractivity contribution is -0.200. The van der Waals surface area contributed by atoms with Crippen LogP contribution < -0.4 is 11.0 Å². The smallest absolute Gasteiger partial charge is 0.267 e. The van der Waals surface area contributed by atoms with Crippen molar-refractivity contribution in [2.45, 2.75) is 32.1 Å². The molecule has 1 fully saturated rings. The molecule has 0 aliphatic carbocycles. The fourth-order valence-corrected chi connectivity index (χ4v) is 2.43. The lowest BCUT2D eigenvalue weighted by atomic mass is 10.1. The second-order valence-electron chi connectivity index (χ2n) is 5.52. The summed E-state index contributed by atoms with van der Waals surface area (Å²) in [6, 6.07) is 12.5. The van der Waals surface area contributed by atoms with E-state index in [0.717, 1.165) is 29.5 Å². The third-order valence-corrected chi connectivity index (χ3v) is 3.67. The Hall–Kier alpha value is -2.51. The Morgan fingerprint density at radius 3 is 2.83 bits per heavy atom. The molecule has 2 heterocycles. The zero-order chi connectivity index (χ0) is 16.8. The van der Waals surface area contributed by atoms with E-state index in [9.17, 15) is 9.59 Å². The van der Waals surface area contributed by atoms with Gasteiger partial charge in [0, 0.05) is 24.7 Å². The topological polar surface area (TPSA) is 82.5 Å². The molecule has 7 heteroatoms. The monoisotopic (exact) mass is 329 g/mol. The minimum absolute atomic E-state index is 0.216. The first kappa shape index (κ1) is 16.4. The van der Waals surface area contributed by atoms with Crippen molar-refractivity contribution >= 4 is 5.91 Å². The molecular weight excluding hydrogens is 310 g/mol. The molecule has 1 saturated heterocycles. The Bertz CT molecular complexity index is 739. The van der Waals surface area contributed by atoms with Gasteiger partial charge in [-0.15, -0.1) is 0 Å². The summed E-state index contributed by atoms with van der Waals surface area (Å²) >= 11 is 0. The quantitative estimate of drug-likeness (QED) is 0.840. The standard InChI is InChI=1S/C17H19N3O4/c21-15(19-24-17-8-4-5-11-23-17)12-20-16(22)10-9-14(18-20)13-6-2-1-3-7-13/h1-3,6-7,9-10,17H,4-5,8,11-12H2,(H,19,21)/t17-/m0/s1. The van der Waals surface area contributed by atoms with Gasteiger partial charge < -0.3 is 4.74 Å². The van der Waals surface area contributed by atoms with Crippen LogP contribution in [0.25, 0.3) is 11.3 Å². The minimum Gasteiger partial charge on any atom is -0.350 e. The van der Waals surface area contributed by atoms with Gasteiger partial charge in [-0.25, -0.2) is 15.0 Å². The first-order valence-corrected chi connectivity index (χ1v) is 7.92. The lowest BCUT2D eigenvalue weighted by Crippen LogP contribution is -2.37. The van der Waals surface area contributed by atoms with Crippen molar-refractivity contribution in [1.82, 2.24) is 15.3 Å². The molecule has 0 unspecified atom stereocenters. The highest BCUT2D eigenvalue weighted by Gasteiger charge is 2.16. The van der Waals surface area contributed by atoms with Gasteiger partial charge >= 0.3 is 0 Å². The van der Waals surface area contributed by atoms with E-state index in [1.165, 1.54) is 6.07 Å². The number of amides is 1. The normalized spacial score (nSPS) is 17.4. The Labute approximate surface area is 139 Å². The zero-order valence-corrected chi connectivity index (χ0v) is 13.2. The third-order valence-electron chi connectivity index (χ3n) is 3.67. The molecule has 1 aromatic carbocycles. The van der Waals surface area contributed by atoms with Crippen LogP contribution in [0.5, 0.6) is 0 Å². The maximum absolute atomic E-state index is 12.0. The summed E-state index contributed by atoms with van der Waals surface area (Å²) in [6.45, 7) is 0.410. The minimum atomic E-state index is -0.455. The first-order chi connectivity index (χ1) is 11.7. The highest BCUT2D eigenvalue weighted by atomic mass is 16.8. The van der Waals surface area contributed by atoms with E-state index in [1.807, 2.05) is 30.3 Å². The van der Waals surface area contributed by atoms with E-state index < -0.39 is 12.2 Å². The number of carbonyl (C=O) groups excluding carboxylic acids is 1. The van der Waals surface area contributed by atoms with Crippen LogP contribution in [0.15, 0.2) is 47.3 Å². The number of hydrogen-bond donors (Lipinski definition) is 1. The summed E-state index contributed by atoms with van der Waals surface area (Å²) < 4.78 is 6.47. The highest BCUT2D eigenvalue weighted by Crippen LogP contribution is 2.14. The van der Waals surface area contributed by atoms with Crippen molar-refractivity contribution in [3.8, 4) is 11.3 Å².